The van der Waals surface area contributed by atoms with Crippen LogP contribution in [0.4, 0.5) is 10.5 Å². The van der Waals surface area contributed by atoms with E-state index in [-0.39, 0.29) is 12.5 Å². The molecule has 0 atom stereocenters. The zero-order valence-corrected chi connectivity index (χ0v) is 19.0. The van der Waals surface area contributed by atoms with E-state index in [1.165, 1.54) is 0 Å². The molecule has 2 aromatic rings. The summed E-state index contributed by atoms with van der Waals surface area (Å²) in [5.74, 6) is 0.438. The average Bonchev–Trinajstić information content (AvgIpc) is 3.05. The highest BCUT2D eigenvalue weighted by Crippen LogP contribution is 2.35. The number of hydrazine groups is 1. The van der Waals surface area contributed by atoms with Crippen LogP contribution in [0.25, 0.3) is 0 Å². The summed E-state index contributed by atoms with van der Waals surface area (Å²) in [6.45, 7) is 2.61. The van der Waals surface area contributed by atoms with Crippen LogP contribution >= 0.6 is 0 Å². The van der Waals surface area contributed by atoms with Gasteiger partial charge in [0, 0.05) is 12.2 Å². The maximum Gasteiger partial charge on any atom is 0.344 e. The second kappa shape index (κ2) is 9.52. The molecular formula is C25H30N4O4. The van der Waals surface area contributed by atoms with Crippen molar-refractivity contribution in [3.8, 4) is 5.75 Å². The number of nitrogens with zero attached hydrogens (tertiary/aromatic N) is 2. The number of amides is 4. The fourth-order valence-corrected chi connectivity index (χ4v) is 4.48. The van der Waals surface area contributed by atoms with Crippen molar-refractivity contribution in [2.75, 3.05) is 18.6 Å². The number of methoxy groups -OCH3 is 1. The number of carbonyl (C=O) groups excluding carboxylic acids is 3. The first-order valence-corrected chi connectivity index (χ1v) is 11.3. The summed E-state index contributed by atoms with van der Waals surface area (Å²) in [5.41, 5.74) is 3.50. The van der Waals surface area contributed by atoms with Crippen molar-refractivity contribution in [2.45, 2.75) is 44.7 Å². The Morgan fingerprint density at radius 1 is 1.12 bits per heavy atom. The highest BCUT2D eigenvalue weighted by Gasteiger charge is 2.52. The highest BCUT2D eigenvalue weighted by atomic mass is 16.5. The van der Waals surface area contributed by atoms with E-state index in [2.05, 4.69) is 17.7 Å². The van der Waals surface area contributed by atoms with Gasteiger partial charge in [-0.05, 0) is 61.4 Å². The minimum atomic E-state index is -0.892. The molecule has 33 heavy (non-hydrogen) atoms. The monoisotopic (exact) mass is 450 g/mol. The molecule has 0 unspecified atom stereocenters. The molecule has 2 aromatic carbocycles. The lowest BCUT2D eigenvalue weighted by Crippen LogP contribution is -2.52. The number of carbonyl (C=O) groups is 3. The van der Waals surface area contributed by atoms with Crippen molar-refractivity contribution in [3.05, 3.63) is 60.2 Å². The Morgan fingerprint density at radius 3 is 2.42 bits per heavy atom. The second-order valence-electron chi connectivity index (χ2n) is 8.91. The van der Waals surface area contributed by atoms with Crippen molar-refractivity contribution in [1.82, 2.24) is 15.8 Å². The normalized spacial score (nSPS) is 22.2. The Balaban J connectivity index is 1.47. The third kappa shape index (κ3) is 4.94. The fourth-order valence-electron chi connectivity index (χ4n) is 4.48. The lowest BCUT2D eigenvalue weighted by atomic mass is 9.77. The third-order valence-electron chi connectivity index (χ3n) is 6.51. The predicted molar refractivity (Wildman–Crippen MR) is 124 cm³/mol. The molecule has 1 saturated carbocycles. The van der Waals surface area contributed by atoms with Gasteiger partial charge in [-0.3, -0.25) is 15.0 Å². The molecule has 1 heterocycles. The quantitative estimate of drug-likeness (QED) is 0.632. The number of nitrogens with one attached hydrogen (secondary N) is 2. The number of ether oxygens (including phenoxy) is 1. The first-order valence-electron chi connectivity index (χ1n) is 11.3. The number of benzene rings is 2. The molecule has 2 fully saturated rings. The van der Waals surface area contributed by atoms with Gasteiger partial charge in [-0.2, -0.15) is 5.01 Å². The molecule has 0 bridgehead atoms. The van der Waals surface area contributed by atoms with E-state index < -0.39 is 17.5 Å². The Hall–Kier alpha value is -3.55. The number of rotatable bonds is 7. The molecule has 174 valence electrons. The summed E-state index contributed by atoms with van der Waals surface area (Å²) in [6, 6.07) is 16.6. The maximum absolute atomic E-state index is 13.1. The molecule has 2 aliphatic rings. The summed E-state index contributed by atoms with van der Waals surface area (Å²) in [5, 5.41) is 3.68. The van der Waals surface area contributed by atoms with Crippen LogP contribution < -0.4 is 20.4 Å². The van der Waals surface area contributed by atoms with E-state index in [0.717, 1.165) is 29.1 Å². The Bertz CT molecular complexity index is 1000. The topological polar surface area (TPSA) is 91.0 Å². The minimum Gasteiger partial charge on any atom is -0.497 e. The Morgan fingerprint density at radius 2 is 1.79 bits per heavy atom. The van der Waals surface area contributed by atoms with Crippen LogP contribution in [0.1, 0.15) is 38.2 Å². The Kier molecular flexibility index (Phi) is 6.53. The third-order valence-corrected chi connectivity index (χ3v) is 6.51. The number of urea groups is 1. The van der Waals surface area contributed by atoms with Gasteiger partial charge in [0.2, 0.25) is 0 Å². The number of anilines is 1. The molecular weight excluding hydrogens is 420 g/mol. The largest absolute Gasteiger partial charge is 0.497 e. The SMILES string of the molecule is COc1ccc(N(CC(=O)NN2C(=O)NC3(CCC(C)CC3)C2=O)Cc2ccccc2)cc1. The molecule has 1 aliphatic heterocycles. The summed E-state index contributed by atoms with van der Waals surface area (Å²) in [4.78, 5) is 40.4. The Labute approximate surface area is 193 Å². The van der Waals surface area contributed by atoms with E-state index in [1.54, 1.807) is 7.11 Å². The molecule has 8 heteroatoms. The van der Waals surface area contributed by atoms with Crippen LogP contribution in [-0.2, 0) is 16.1 Å². The zero-order chi connectivity index (χ0) is 23.4. The zero-order valence-electron chi connectivity index (χ0n) is 19.0. The van der Waals surface area contributed by atoms with Gasteiger partial charge in [0.25, 0.3) is 11.8 Å². The lowest BCUT2D eigenvalue weighted by molar-refractivity contribution is -0.139. The summed E-state index contributed by atoms with van der Waals surface area (Å²) >= 11 is 0. The molecule has 1 spiro atoms. The van der Waals surface area contributed by atoms with E-state index in [9.17, 15) is 14.4 Å². The van der Waals surface area contributed by atoms with Crippen LogP contribution in [-0.4, -0.2) is 42.0 Å². The van der Waals surface area contributed by atoms with Crippen LogP contribution in [0, 0.1) is 5.92 Å². The molecule has 4 rings (SSSR count). The van der Waals surface area contributed by atoms with Crippen LogP contribution in [0.2, 0.25) is 0 Å². The fraction of sp³-hybridized carbons (Fsp3) is 0.400. The van der Waals surface area contributed by atoms with Gasteiger partial charge in [0.1, 0.15) is 11.3 Å². The summed E-state index contributed by atoms with van der Waals surface area (Å²) in [6.07, 6.45) is 2.93. The van der Waals surface area contributed by atoms with Crippen molar-refractivity contribution < 1.29 is 19.1 Å². The van der Waals surface area contributed by atoms with Crippen molar-refractivity contribution in [2.24, 2.45) is 5.92 Å². The highest BCUT2D eigenvalue weighted by molar-refractivity contribution is 6.08. The molecule has 8 nitrogen and oxygen atoms in total. The molecule has 2 N–H and O–H groups in total. The average molecular weight is 451 g/mol. The molecule has 1 aliphatic carbocycles. The maximum atomic E-state index is 13.1. The lowest BCUT2D eigenvalue weighted by Gasteiger charge is -2.33. The van der Waals surface area contributed by atoms with Crippen LogP contribution in [0.15, 0.2) is 54.6 Å². The van der Waals surface area contributed by atoms with E-state index in [0.29, 0.717) is 31.1 Å². The van der Waals surface area contributed by atoms with Gasteiger partial charge in [0.15, 0.2) is 0 Å². The number of imide groups is 1. The first kappa shape index (κ1) is 22.6. The molecule has 0 aromatic heterocycles. The summed E-state index contributed by atoms with van der Waals surface area (Å²) < 4.78 is 5.24. The predicted octanol–water partition coefficient (Wildman–Crippen LogP) is 3.23. The van der Waals surface area contributed by atoms with Gasteiger partial charge in [-0.25, -0.2) is 4.79 Å². The van der Waals surface area contributed by atoms with Gasteiger partial charge >= 0.3 is 6.03 Å². The van der Waals surface area contributed by atoms with Gasteiger partial charge in [0.05, 0.1) is 13.7 Å². The van der Waals surface area contributed by atoms with Crippen molar-refractivity contribution >= 4 is 23.5 Å². The molecule has 0 radical (unpaired) electrons. The number of hydrogen-bond donors (Lipinski definition) is 2. The van der Waals surface area contributed by atoms with Crippen LogP contribution in [0.5, 0.6) is 5.75 Å². The van der Waals surface area contributed by atoms with E-state index >= 15 is 0 Å². The minimum absolute atomic E-state index is 0.0255. The molecule has 1 saturated heterocycles. The second-order valence-corrected chi connectivity index (χ2v) is 8.91. The van der Waals surface area contributed by atoms with Gasteiger partial charge in [-0.15, -0.1) is 0 Å². The van der Waals surface area contributed by atoms with Gasteiger partial charge < -0.3 is 15.0 Å². The number of hydrogen-bond acceptors (Lipinski definition) is 5. The molecule has 4 amide bonds. The van der Waals surface area contributed by atoms with Crippen LogP contribution in [0.3, 0.4) is 0 Å². The van der Waals surface area contributed by atoms with Crippen molar-refractivity contribution in [1.29, 1.82) is 0 Å². The standard InChI is InChI=1S/C25H30N4O4/c1-18-12-14-25(15-13-18)23(31)29(24(32)26-25)27-22(30)17-28(16-19-6-4-3-5-7-19)20-8-10-21(33-2)11-9-20/h3-11,18H,12-17H2,1-2H3,(H,26,32)(H,27,30). The summed E-state index contributed by atoms with van der Waals surface area (Å²) in [7, 11) is 1.60. The van der Waals surface area contributed by atoms with E-state index in [1.807, 2.05) is 59.5 Å². The van der Waals surface area contributed by atoms with Gasteiger partial charge in [-0.1, -0.05) is 37.3 Å². The first-order chi connectivity index (χ1) is 15.9. The van der Waals surface area contributed by atoms with E-state index in [4.69, 9.17) is 4.74 Å². The van der Waals surface area contributed by atoms with Crippen molar-refractivity contribution in [3.63, 3.8) is 0 Å². The smallest absolute Gasteiger partial charge is 0.344 e.